The van der Waals surface area contributed by atoms with E-state index in [1.165, 1.54) is 5.30 Å². The Labute approximate surface area is 100 Å². The number of allylic oxidation sites excluding steroid dienone is 2. The van der Waals surface area contributed by atoms with Gasteiger partial charge in [0.1, 0.15) is 0 Å². The summed E-state index contributed by atoms with van der Waals surface area (Å²) in [6, 6.07) is 10.4. The molecule has 0 nitrogen and oxygen atoms in total. The van der Waals surface area contributed by atoms with Crippen LogP contribution in [0.1, 0.15) is 13.8 Å². The van der Waals surface area contributed by atoms with Crippen LogP contribution in [0.25, 0.3) is 0 Å². The van der Waals surface area contributed by atoms with Gasteiger partial charge in [-0.2, -0.15) is 0 Å². The van der Waals surface area contributed by atoms with Crippen LogP contribution in [0.3, 0.4) is 0 Å². The van der Waals surface area contributed by atoms with E-state index in [1.807, 2.05) is 32.0 Å². The maximum absolute atomic E-state index is 6.61. The molecule has 0 heterocycles. The first-order valence-electron chi connectivity index (χ1n) is 5.44. The molecule has 0 saturated heterocycles. The quantitative estimate of drug-likeness (QED) is 0.411. The van der Waals surface area contributed by atoms with Crippen molar-refractivity contribution in [1.29, 1.82) is 0 Å². The van der Waals surface area contributed by atoms with Gasteiger partial charge >= 0.3 is 100 Å². The molecule has 0 aliphatic carbocycles. The van der Waals surface area contributed by atoms with Crippen LogP contribution in [-0.2, 0) is 0 Å². The van der Waals surface area contributed by atoms with E-state index < -0.39 is 6.75 Å². The van der Waals surface area contributed by atoms with Crippen molar-refractivity contribution in [2.75, 3.05) is 12.3 Å². The van der Waals surface area contributed by atoms with Crippen molar-refractivity contribution in [3.63, 3.8) is 0 Å². The summed E-state index contributed by atoms with van der Waals surface area (Å²) in [5, 5.41) is 1.26. The van der Waals surface area contributed by atoms with E-state index in [4.69, 9.17) is 7.18 Å². The van der Waals surface area contributed by atoms with E-state index in [2.05, 4.69) is 25.3 Å². The Morgan fingerprint density at radius 3 is 1.88 bits per heavy atom. The molecule has 1 aromatic rings. The molecule has 1 radical (unpaired) electrons. The predicted octanol–water partition coefficient (Wildman–Crippen LogP) is 3.57. The monoisotopic (exact) mass is 229 g/mol. The molecule has 1 aromatic carbocycles. The minimum absolute atomic E-state index is 0.907. The zero-order valence-electron chi connectivity index (χ0n) is 10.2. The number of hydrogen-bond donors (Lipinski definition) is 0. The van der Waals surface area contributed by atoms with Gasteiger partial charge in [0, 0.05) is 0 Å². The fraction of sp³-hybridized carbons (Fsp3) is 0.286. The molecule has 0 aliphatic rings. The zero-order chi connectivity index (χ0) is 12.2. The topological polar surface area (TPSA) is 0 Å². The molecule has 0 bridgehead atoms. The van der Waals surface area contributed by atoms with Crippen molar-refractivity contribution < 1.29 is 0 Å². The summed E-state index contributed by atoms with van der Waals surface area (Å²) in [5.74, 6) is 0. The summed E-state index contributed by atoms with van der Waals surface area (Å²) < 4.78 is 0. The van der Waals surface area contributed by atoms with Crippen LogP contribution in [-0.4, -0.2) is 19.5 Å². The molecule has 0 N–H and O–H groups in total. The van der Waals surface area contributed by atoms with E-state index in [0.29, 0.717) is 0 Å². The Morgan fingerprint density at radius 2 is 1.50 bits per heavy atom. The first-order chi connectivity index (χ1) is 7.44. The Morgan fingerprint density at radius 1 is 1.06 bits per heavy atom. The number of hydrogen-bond acceptors (Lipinski definition) is 0. The third-order valence-electron chi connectivity index (χ3n) is 2.37. The van der Waals surface area contributed by atoms with Gasteiger partial charge in [-0.05, 0) is 0 Å². The van der Waals surface area contributed by atoms with Gasteiger partial charge in [0.2, 0.25) is 0 Å². The van der Waals surface area contributed by atoms with Gasteiger partial charge in [0.05, 0.1) is 0 Å². The molecular weight excluding hydrogens is 210 g/mol. The molecule has 0 fully saturated rings. The molecule has 0 saturated carbocycles. The molecule has 0 atom stereocenters. The minimum atomic E-state index is -1.63. The second kappa shape index (κ2) is 5.50. The molecule has 2 heteroatoms. The van der Waals surface area contributed by atoms with Gasteiger partial charge in [-0.1, -0.05) is 0 Å². The average molecular weight is 229 g/mol. The van der Waals surface area contributed by atoms with Gasteiger partial charge in [-0.25, -0.2) is 0 Å². The molecule has 0 amide bonds. The van der Waals surface area contributed by atoms with Crippen LogP contribution in [0.5, 0.6) is 0 Å². The van der Waals surface area contributed by atoms with Crippen molar-refractivity contribution in [1.82, 2.24) is 0 Å². The normalized spacial score (nSPS) is 11.1. The summed E-state index contributed by atoms with van der Waals surface area (Å²) in [7, 11) is 6.61. The van der Waals surface area contributed by atoms with E-state index in [-0.39, 0.29) is 0 Å². The van der Waals surface area contributed by atoms with Crippen LogP contribution < -0.4 is 5.30 Å². The molecule has 0 aliphatic heterocycles. The molecular formula is C14H19BP. The van der Waals surface area contributed by atoms with Gasteiger partial charge in [0.25, 0.3) is 0 Å². The van der Waals surface area contributed by atoms with Crippen molar-refractivity contribution in [2.45, 2.75) is 13.8 Å². The Bertz CT molecular complexity index is 411. The Balaban J connectivity index is 3.09. The summed E-state index contributed by atoms with van der Waals surface area (Å²) in [6.07, 6.45) is 1.81. The molecule has 0 unspecified atom stereocenters. The van der Waals surface area contributed by atoms with Crippen LogP contribution >= 0.6 is 6.75 Å². The van der Waals surface area contributed by atoms with Crippen molar-refractivity contribution >= 4 is 19.2 Å². The zero-order valence-corrected chi connectivity index (χ0v) is 11.1. The van der Waals surface area contributed by atoms with Crippen molar-refractivity contribution in [3.05, 3.63) is 54.6 Å². The summed E-state index contributed by atoms with van der Waals surface area (Å²) in [6.45, 7) is 10.4. The van der Waals surface area contributed by atoms with E-state index >= 15 is 0 Å². The van der Waals surface area contributed by atoms with Gasteiger partial charge in [-0.3, -0.25) is 0 Å². The Hall–Kier alpha value is -0.805. The van der Waals surface area contributed by atoms with Crippen LogP contribution in [0.4, 0.5) is 0 Å². The van der Waals surface area contributed by atoms with Crippen LogP contribution in [0, 0.1) is 0 Å². The van der Waals surface area contributed by atoms with Crippen molar-refractivity contribution in [2.24, 2.45) is 0 Å². The van der Waals surface area contributed by atoms with Crippen LogP contribution in [0.15, 0.2) is 54.6 Å². The SMILES string of the molecule is [B]=P(CC(=C)C)(CC(=C)C)c1ccccc1. The average Bonchev–Trinajstić information content (AvgIpc) is 2.16. The van der Waals surface area contributed by atoms with Gasteiger partial charge in [-0.15, -0.1) is 0 Å². The first kappa shape index (κ1) is 13.3. The van der Waals surface area contributed by atoms with Crippen molar-refractivity contribution in [3.8, 4) is 0 Å². The summed E-state index contributed by atoms with van der Waals surface area (Å²) in [5.41, 5.74) is 2.31. The standard InChI is InChI=1S/C14H19BP/c1-12(2)10-16(15,11-13(3)4)14-8-6-5-7-9-14/h5-9H,1,3,10-11H2,2,4H3. The number of rotatable bonds is 5. The molecule has 16 heavy (non-hydrogen) atoms. The second-order valence-electron chi connectivity index (χ2n) is 4.60. The predicted molar refractivity (Wildman–Crippen MR) is 78.1 cm³/mol. The second-order valence-corrected chi connectivity index (χ2v) is 7.82. The van der Waals surface area contributed by atoms with Gasteiger partial charge < -0.3 is 0 Å². The number of benzene rings is 1. The van der Waals surface area contributed by atoms with E-state index in [0.717, 1.165) is 23.5 Å². The van der Waals surface area contributed by atoms with E-state index in [9.17, 15) is 0 Å². The molecule has 1 rings (SSSR count). The Kier molecular flexibility index (Phi) is 4.56. The van der Waals surface area contributed by atoms with E-state index in [1.54, 1.807) is 0 Å². The third-order valence-corrected chi connectivity index (χ3v) is 5.91. The fourth-order valence-electron chi connectivity index (χ4n) is 1.93. The molecule has 0 aromatic heterocycles. The van der Waals surface area contributed by atoms with Crippen LogP contribution in [0.2, 0.25) is 0 Å². The van der Waals surface area contributed by atoms with Gasteiger partial charge in [0.15, 0.2) is 0 Å². The maximum atomic E-state index is 6.61. The first-order valence-corrected chi connectivity index (χ1v) is 7.67. The summed E-state index contributed by atoms with van der Waals surface area (Å²) in [4.78, 5) is 0. The third kappa shape index (κ3) is 3.65. The molecule has 83 valence electrons. The summed E-state index contributed by atoms with van der Waals surface area (Å²) >= 11 is 0. The fourth-order valence-corrected chi connectivity index (χ4v) is 5.10. The molecule has 0 spiro atoms.